The van der Waals surface area contributed by atoms with E-state index in [4.69, 9.17) is 0 Å². The Labute approximate surface area is 228 Å². The van der Waals surface area contributed by atoms with Gasteiger partial charge in [0.05, 0.1) is 0 Å². The minimum atomic E-state index is -0.956. The highest BCUT2D eigenvalue weighted by atomic mass is 32.2. The lowest BCUT2D eigenvalue weighted by atomic mass is 10.0. The van der Waals surface area contributed by atoms with Crippen molar-refractivity contribution in [1.82, 2.24) is 26.2 Å². The van der Waals surface area contributed by atoms with Crippen molar-refractivity contribution in [3.63, 3.8) is 0 Å². The third-order valence-corrected chi connectivity index (χ3v) is 7.79. The van der Waals surface area contributed by atoms with E-state index in [1.165, 1.54) is 23.6 Å². The van der Waals surface area contributed by atoms with E-state index in [1.54, 1.807) is 13.8 Å². The van der Waals surface area contributed by atoms with Gasteiger partial charge in [0.25, 0.3) is 5.91 Å². The van der Waals surface area contributed by atoms with E-state index in [0.717, 1.165) is 5.56 Å². The molecule has 1 aromatic carbocycles. The lowest BCUT2D eigenvalue weighted by Gasteiger charge is -2.31. The molecule has 38 heavy (non-hydrogen) atoms. The van der Waals surface area contributed by atoms with Crippen LogP contribution in [0.15, 0.2) is 30.3 Å². The highest BCUT2D eigenvalue weighted by Gasteiger charge is 2.41. The van der Waals surface area contributed by atoms with Gasteiger partial charge in [-0.15, -0.1) is 11.8 Å². The van der Waals surface area contributed by atoms with Crippen molar-refractivity contribution in [3.05, 3.63) is 35.9 Å². The fourth-order valence-electron chi connectivity index (χ4n) is 4.62. The van der Waals surface area contributed by atoms with Gasteiger partial charge >= 0.3 is 0 Å². The average molecular weight is 546 g/mol. The number of hydrogen-bond donors (Lipinski definition) is 4. The summed E-state index contributed by atoms with van der Waals surface area (Å²) in [6, 6.07) is 5.68. The van der Waals surface area contributed by atoms with Gasteiger partial charge in [-0.2, -0.15) is 0 Å². The maximum absolute atomic E-state index is 13.7. The van der Waals surface area contributed by atoms with Crippen LogP contribution in [0.4, 0.5) is 0 Å². The van der Waals surface area contributed by atoms with E-state index < -0.39 is 53.2 Å². The minimum absolute atomic E-state index is 0.0189. The van der Waals surface area contributed by atoms with Crippen molar-refractivity contribution in [1.29, 1.82) is 0 Å². The molecule has 208 valence electrons. The Hall–Kier alpha value is -3.08. The van der Waals surface area contributed by atoms with E-state index in [2.05, 4.69) is 21.3 Å². The number of hydrogen-bond acceptors (Lipinski definition) is 6. The van der Waals surface area contributed by atoms with Gasteiger partial charge in [-0.3, -0.25) is 24.0 Å². The number of thioether (sulfide) groups is 1. The van der Waals surface area contributed by atoms with Gasteiger partial charge in [0.15, 0.2) is 5.37 Å². The van der Waals surface area contributed by atoms with Gasteiger partial charge in [0.1, 0.15) is 24.2 Å². The fraction of sp³-hybridized carbons (Fsp3) is 0.593. The predicted octanol–water partition coefficient (Wildman–Crippen LogP) is 0.948. The number of fused-ring (bicyclic) bond motifs is 1. The van der Waals surface area contributed by atoms with Gasteiger partial charge in [-0.1, -0.05) is 58.0 Å². The SMILES string of the molecule is CC(C)S[C@H]1NC(=O)[C@H](C(C)C)NC(=O)[C@@H](C)NC(=O)[C@H](Cc2ccccc2)NC(=O)[C@@H]2CCCN2C1=O. The Bertz CT molecular complexity index is 1030. The molecule has 2 heterocycles. The summed E-state index contributed by atoms with van der Waals surface area (Å²) in [7, 11) is 0. The lowest BCUT2D eigenvalue weighted by Crippen LogP contribution is -2.58. The number of carbonyl (C=O) groups excluding carboxylic acids is 5. The summed E-state index contributed by atoms with van der Waals surface area (Å²) in [5.74, 6) is -2.61. The van der Waals surface area contributed by atoms with Crippen molar-refractivity contribution < 1.29 is 24.0 Å². The van der Waals surface area contributed by atoms with Crippen LogP contribution in [0.1, 0.15) is 53.0 Å². The average Bonchev–Trinajstić information content (AvgIpc) is 3.35. The molecule has 5 amide bonds. The van der Waals surface area contributed by atoms with Crippen LogP contribution in [0, 0.1) is 5.92 Å². The third-order valence-electron chi connectivity index (χ3n) is 6.66. The summed E-state index contributed by atoms with van der Waals surface area (Å²) >= 11 is 1.29. The molecule has 0 aromatic heterocycles. The summed E-state index contributed by atoms with van der Waals surface area (Å²) in [6.07, 6.45) is 1.30. The molecule has 2 aliphatic rings. The van der Waals surface area contributed by atoms with Crippen LogP contribution < -0.4 is 21.3 Å². The highest BCUT2D eigenvalue weighted by molar-refractivity contribution is 8.01. The molecular formula is C27H39N5O5S. The van der Waals surface area contributed by atoms with Crippen molar-refractivity contribution in [2.24, 2.45) is 5.92 Å². The Morgan fingerprint density at radius 2 is 1.55 bits per heavy atom. The van der Waals surface area contributed by atoms with Crippen molar-refractivity contribution in [3.8, 4) is 0 Å². The molecule has 4 N–H and O–H groups in total. The quantitative estimate of drug-likeness (QED) is 0.435. The maximum atomic E-state index is 13.7. The number of carbonyl (C=O) groups is 5. The summed E-state index contributed by atoms with van der Waals surface area (Å²) in [5, 5.41) is 10.2. The Balaban J connectivity index is 1.98. The first-order valence-electron chi connectivity index (χ1n) is 13.2. The van der Waals surface area contributed by atoms with Crippen LogP contribution in [0.2, 0.25) is 0 Å². The summed E-state index contributed by atoms with van der Waals surface area (Å²) in [4.78, 5) is 68.2. The van der Waals surface area contributed by atoms with Gasteiger partial charge in [0, 0.05) is 18.2 Å². The Kier molecular flexibility index (Phi) is 10.2. The van der Waals surface area contributed by atoms with Gasteiger partial charge in [0.2, 0.25) is 23.6 Å². The van der Waals surface area contributed by atoms with Crippen LogP contribution in [-0.4, -0.2) is 75.8 Å². The van der Waals surface area contributed by atoms with Crippen LogP contribution in [-0.2, 0) is 30.4 Å². The van der Waals surface area contributed by atoms with E-state index in [0.29, 0.717) is 19.4 Å². The molecule has 0 aliphatic carbocycles. The molecule has 3 rings (SSSR count). The van der Waals surface area contributed by atoms with E-state index in [9.17, 15) is 24.0 Å². The zero-order chi connectivity index (χ0) is 28.0. The highest BCUT2D eigenvalue weighted by Crippen LogP contribution is 2.24. The van der Waals surface area contributed by atoms with Gasteiger partial charge in [-0.25, -0.2) is 0 Å². The second-order valence-electron chi connectivity index (χ2n) is 10.5. The molecule has 0 unspecified atom stereocenters. The summed E-state index contributed by atoms with van der Waals surface area (Å²) in [6.45, 7) is 9.33. The third kappa shape index (κ3) is 7.49. The molecule has 0 radical (unpaired) electrons. The fourth-order valence-corrected chi connectivity index (χ4v) is 5.60. The molecule has 2 aliphatic heterocycles. The van der Waals surface area contributed by atoms with E-state index in [1.807, 2.05) is 44.2 Å². The predicted molar refractivity (Wildman–Crippen MR) is 146 cm³/mol. The first-order valence-corrected chi connectivity index (χ1v) is 14.1. The molecule has 2 fully saturated rings. The Morgan fingerprint density at radius 1 is 0.868 bits per heavy atom. The normalized spacial score (nSPS) is 27.7. The maximum Gasteiger partial charge on any atom is 0.256 e. The smallest absolute Gasteiger partial charge is 0.256 e. The van der Waals surface area contributed by atoms with E-state index >= 15 is 0 Å². The number of nitrogens with one attached hydrogen (secondary N) is 4. The molecular weight excluding hydrogens is 506 g/mol. The molecule has 0 spiro atoms. The van der Waals surface area contributed by atoms with E-state index in [-0.39, 0.29) is 23.5 Å². The number of benzene rings is 1. The molecule has 2 saturated heterocycles. The molecule has 0 saturated carbocycles. The largest absolute Gasteiger partial charge is 0.343 e. The summed E-state index contributed by atoms with van der Waals surface area (Å²) < 4.78 is 0. The first-order chi connectivity index (χ1) is 18.0. The van der Waals surface area contributed by atoms with Gasteiger partial charge < -0.3 is 26.2 Å². The van der Waals surface area contributed by atoms with Gasteiger partial charge in [-0.05, 0) is 31.2 Å². The van der Waals surface area contributed by atoms with Crippen LogP contribution in [0.5, 0.6) is 0 Å². The second-order valence-corrected chi connectivity index (χ2v) is 12.2. The first kappa shape index (κ1) is 29.5. The molecule has 11 heteroatoms. The Morgan fingerprint density at radius 3 is 2.18 bits per heavy atom. The molecule has 1 aromatic rings. The number of nitrogens with zero attached hydrogens (tertiary/aromatic N) is 1. The second kappa shape index (κ2) is 13.1. The monoisotopic (exact) mass is 545 g/mol. The summed E-state index contributed by atoms with van der Waals surface area (Å²) in [5.41, 5.74) is 0.838. The van der Waals surface area contributed by atoms with Crippen LogP contribution in [0.3, 0.4) is 0 Å². The number of rotatable bonds is 5. The van der Waals surface area contributed by atoms with Crippen LogP contribution >= 0.6 is 11.8 Å². The molecule has 5 atom stereocenters. The van der Waals surface area contributed by atoms with Crippen molar-refractivity contribution in [2.75, 3.05) is 6.54 Å². The van der Waals surface area contributed by atoms with Crippen LogP contribution in [0.25, 0.3) is 0 Å². The topological polar surface area (TPSA) is 137 Å². The zero-order valence-corrected chi connectivity index (χ0v) is 23.5. The van der Waals surface area contributed by atoms with Crippen molar-refractivity contribution in [2.45, 2.75) is 88.7 Å². The zero-order valence-electron chi connectivity index (χ0n) is 22.7. The standard InChI is InChI=1S/C27H39N5O5S/c1-15(2)21-25(36)31-26(38-16(3)4)27(37)32-13-9-12-20(32)24(35)29-19(14-18-10-7-6-8-11-18)23(34)28-17(5)22(33)30-21/h6-8,10-11,15-17,19-21,26H,9,12-14H2,1-5H3,(H,28,34)(H,29,35)(H,30,33)(H,31,36)/t17-,19+,20+,21+,26-/m1/s1. The molecule has 0 bridgehead atoms. The van der Waals surface area contributed by atoms with Crippen molar-refractivity contribution >= 4 is 41.3 Å². The minimum Gasteiger partial charge on any atom is -0.343 e. The lowest BCUT2D eigenvalue weighted by molar-refractivity contribution is -0.140. The number of amides is 5. The molecule has 10 nitrogen and oxygen atoms in total.